The zero-order valence-corrected chi connectivity index (χ0v) is 12.4. The van der Waals surface area contributed by atoms with Gasteiger partial charge in [-0.15, -0.1) is 0 Å². The lowest BCUT2D eigenvalue weighted by atomic mass is 9.96. The van der Waals surface area contributed by atoms with E-state index in [9.17, 15) is 0 Å². The molecule has 19 heavy (non-hydrogen) atoms. The van der Waals surface area contributed by atoms with Crippen LogP contribution in [0, 0.1) is 11.8 Å². The largest absolute Gasteiger partial charge is 0.379 e. The van der Waals surface area contributed by atoms with Gasteiger partial charge in [0.05, 0.1) is 13.2 Å². The van der Waals surface area contributed by atoms with E-state index >= 15 is 0 Å². The molecule has 5 heteroatoms. The number of morpholine rings is 1. The number of thiocarbonyl (C=S) groups is 1. The van der Waals surface area contributed by atoms with Gasteiger partial charge in [-0.3, -0.25) is 4.90 Å². The minimum atomic E-state index is 0.641. The van der Waals surface area contributed by atoms with Gasteiger partial charge in [0.25, 0.3) is 0 Å². The SMILES string of the molecule is S=C(NCCN1CCOCC1)N[C@@H]1C[C@H]2CC[C@H]1C2. The number of hydrogen-bond acceptors (Lipinski definition) is 3. The molecule has 2 saturated carbocycles. The molecule has 0 radical (unpaired) electrons. The van der Waals surface area contributed by atoms with Crippen LogP contribution in [0.15, 0.2) is 0 Å². The van der Waals surface area contributed by atoms with Crippen LogP contribution in [0.5, 0.6) is 0 Å². The standard InChI is InChI=1S/C14H25N3OS/c19-14(15-3-4-17-5-7-18-8-6-17)16-13-10-11-1-2-12(13)9-11/h11-13H,1-10H2,(H2,15,16,19)/t11-,12-,13+/m0/s1. The molecular weight excluding hydrogens is 258 g/mol. The van der Waals surface area contributed by atoms with Crippen molar-refractivity contribution in [2.45, 2.75) is 31.7 Å². The Morgan fingerprint density at radius 2 is 2.05 bits per heavy atom. The number of ether oxygens (including phenoxy) is 1. The van der Waals surface area contributed by atoms with E-state index in [-0.39, 0.29) is 0 Å². The van der Waals surface area contributed by atoms with E-state index in [0.717, 1.165) is 56.3 Å². The Hall–Kier alpha value is -0.390. The summed E-state index contributed by atoms with van der Waals surface area (Å²) >= 11 is 5.41. The number of fused-ring (bicyclic) bond motifs is 2. The third-order valence-electron chi connectivity index (χ3n) is 4.87. The van der Waals surface area contributed by atoms with E-state index in [1.54, 1.807) is 0 Å². The van der Waals surface area contributed by atoms with Crippen molar-refractivity contribution >= 4 is 17.3 Å². The number of nitrogens with zero attached hydrogens (tertiary/aromatic N) is 1. The molecule has 1 aliphatic heterocycles. The van der Waals surface area contributed by atoms with Crippen LogP contribution < -0.4 is 10.6 Å². The Balaban J connectivity index is 1.31. The summed E-state index contributed by atoms with van der Waals surface area (Å²) < 4.78 is 5.34. The molecule has 1 saturated heterocycles. The van der Waals surface area contributed by atoms with Gasteiger partial charge in [0, 0.05) is 32.2 Å². The van der Waals surface area contributed by atoms with Crippen molar-refractivity contribution in [1.29, 1.82) is 0 Å². The maximum absolute atomic E-state index is 5.41. The zero-order valence-electron chi connectivity index (χ0n) is 11.6. The Labute approximate surface area is 121 Å². The lowest BCUT2D eigenvalue weighted by molar-refractivity contribution is 0.0389. The van der Waals surface area contributed by atoms with Crippen molar-refractivity contribution in [3.05, 3.63) is 0 Å². The summed E-state index contributed by atoms with van der Waals surface area (Å²) in [5, 5.41) is 7.73. The van der Waals surface area contributed by atoms with Crippen LogP contribution in [0.4, 0.5) is 0 Å². The van der Waals surface area contributed by atoms with Crippen molar-refractivity contribution in [3.8, 4) is 0 Å². The predicted octanol–water partition coefficient (Wildman–Crippen LogP) is 0.971. The number of hydrogen-bond donors (Lipinski definition) is 2. The van der Waals surface area contributed by atoms with E-state index in [0.29, 0.717) is 6.04 Å². The number of nitrogens with one attached hydrogen (secondary N) is 2. The fraction of sp³-hybridized carbons (Fsp3) is 0.929. The molecule has 2 aliphatic carbocycles. The lowest BCUT2D eigenvalue weighted by Crippen LogP contribution is -2.47. The van der Waals surface area contributed by atoms with Crippen molar-refractivity contribution in [1.82, 2.24) is 15.5 Å². The molecule has 1 heterocycles. The first-order chi connectivity index (χ1) is 9.31. The van der Waals surface area contributed by atoms with Gasteiger partial charge in [0.1, 0.15) is 0 Å². The maximum atomic E-state index is 5.41. The van der Waals surface area contributed by atoms with E-state index in [2.05, 4.69) is 15.5 Å². The first-order valence-corrected chi connectivity index (χ1v) is 8.06. The van der Waals surface area contributed by atoms with Crippen molar-refractivity contribution in [2.75, 3.05) is 39.4 Å². The molecule has 3 atom stereocenters. The lowest BCUT2D eigenvalue weighted by Gasteiger charge is -2.28. The first-order valence-electron chi connectivity index (χ1n) is 7.66. The van der Waals surface area contributed by atoms with Gasteiger partial charge in [-0.2, -0.15) is 0 Å². The maximum Gasteiger partial charge on any atom is 0.166 e. The molecule has 3 rings (SSSR count). The summed E-state index contributed by atoms with van der Waals surface area (Å²) in [6, 6.07) is 0.641. The van der Waals surface area contributed by atoms with Crippen LogP contribution in [0.1, 0.15) is 25.7 Å². The second kappa shape index (κ2) is 6.37. The highest BCUT2D eigenvalue weighted by atomic mass is 32.1. The molecule has 0 aromatic rings. The molecule has 2 bridgehead atoms. The van der Waals surface area contributed by atoms with Gasteiger partial charge in [-0.25, -0.2) is 0 Å². The molecule has 3 fully saturated rings. The number of rotatable bonds is 4. The highest BCUT2D eigenvalue weighted by Crippen LogP contribution is 2.44. The Morgan fingerprint density at radius 3 is 2.74 bits per heavy atom. The second-order valence-electron chi connectivity index (χ2n) is 6.14. The van der Waals surface area contributed by atoms with E-state index < -0.39 is 0 Å². The minimum absolute atomic E-state index is 0.641. The normalized spacial score (nSPS) is 34.4. The van der Waals surface area contributed by atoms with Crippen LogP contribution in [-0.2, 0) is 4.74 Å². The van der Waals surface area contributed by atoms with Gasteiger partial charge in [-0.05, 0) is 43.3 Å². The Morgan fingerprint density at radius 1 is 1.21 bits per heavy atom. The Bertz CT molecular complexity index is 320. The smallest absolute Gasteiger partial charge is 0.166 e. The van der Waals surface area contributed by atoms with E-state index in [1.807, 2.05) is 0 Å². The van der Waals surface area contributed by atoms with Crippen molar-refractivity contribution in [3.63, 3.8) is 0 Å². The van der Waals surface area contributed by atoms with E-state index in [1.165, 1.54) is 25.7 Å². The molecule has 4 nitrogen and oxygen atoms in total. The molecule has 3 aliphatic rings. The fourth-order valence-corrected chi connectivity index (χ4v) is 4.05. The molecule has 0 aromatic carbocycles. The third-order valence-corrected chi connectivity index (χ3v) is 5.13. The minimum Gasteiger partial charge on any atom is -0.379 e. The average Bonchev–Trinajstić information content (AvgIpc) is 3.02. The molecule has 2 N–H and O–H groups in total. The van der Waals surface area contributed by atoms with Crippen LogP contribution in [0.2, 0.25) is 0 Å². The third kappa shape index (κ3) is 3.58. The molecular formula is C14H25N3OS. The fourth-order valence-electron chi connectivity index (χ4n) is 3.79. The molecule has 0 unspecified atom stereocenters. The molecule has 108 valence electrons. The topological polar surface area (TPSA) is 36.5 Å². The summed E-state index contributed by atoms with van der Waals surface area (Å²) in [4.78, 5) is 2.43. The van der Waals surface area contributed by atoms with Gasteiger partial charge < -0.3 is 15.4 Å². The van der Waals surface area contributed by atoms with Crippen LogP contribution in [-0.4, -0.2) is 55.4 Å². The van der Waals surface area contributed by atoms with E-state index in [4.69, 9.17) is 17.0 Å². The molecule has 0 amide bonds. The molecule has 0 spiro atoms. The van der Waals surface area contributed by atoms with Gasteiger partial charge >= 0.3 is 0 Å². The highest BCUT2D eigenvalue weighted by molar-refractivity contribution is 7.80. The van der Waals surface area contributed by atoms with Crippen molar-refractivity contribution < 1.29 is 4.74 Å². The van der Waals surface area contributed by atoms with Gasteiger partial charge in [-0.1, -0.05) is 6.42 Å². The predicted molar refractivity (Wildman–Crippen MR) is 80.2 cm³/mol. The zero-order chi connectivity index (χ0) is 13.1. The summed E-state index contributed by atoms with van der Waals surface area (Å²) in [6.45, 7) is 5.83. The van der Waals surface area contributed by atoms with Crippen LogP contribution in [0.25, 0.3) is 0 Å². The van der Waals surface area contributed by atoms with Crippen LogP contribution >= 0.6 is 12.2 Å². The highest BCUT2D eigenvalue weighted by Gasteiger charge is 2.39. The average molecular weight is 283 g/mol. The quantitative estimate of drug-likeness (QED) is 0.752. The molecule has 0 aromatic heterocycles. The summed E-state index contributed by atoms with van der Waals surface area (Å²) in [6.07, 6.45) is 5.60. The monoisotopic (exact) mass is 283 g/mol. The Kier molecular flexibility index (Phi) is 4.56. The second-order valence-corrected chi connectivity index (χ2v) is 6.54. The summed E-state index contributed by atoms with van der Waals surface area (Å²) in [5.74, 6) is 1.85. The summed E-state index contributed by atoms with van der Waals surface area (Å²) in [7, 11) is 0. The van der Waals surface area contributed by atoms with Crippen LogP contribution in [0.3, 0.4) is 0 Å². The van der Waals surface area contributed by atoms with Gasteiger partial charge in [0.2, 0.25) is 0 Å². The summed E-state index contributed by atoms with van der Waals surface area (Å²) in [5.41, 5.74) is 0. The van der Waals surface area contributed by atoms with Crippen molar-refractivity contribution in [2.24, 2.45) is 11.8 Å². The first kappa shape index (κ1) is 13.6. The van der Waals surface area contributed by atoms with Gasteiger partial charge in [0.15, 0.2) is 5.11 Å².